The molecule has 0 spiro atoms. The maximum Gasteiger partial charge on any atom is 0.397 e. The number of ether oxygens (including phenoxy) is 1. The van der Waals surface area contributed by atoms with E-state index in [1.54, 1.807) is 36.7 Å². The Morgan fingerprint density at radius 3 is 2.08 bits per heavy atom. The Morgan fingerprint density at radius 1 is 0.897 bits per heavy atom. The Bertz CT molecular complexity index is 1210. The topological polar surface area (TPSA) is 45.7 Å². The fourth-order valence-electron chi connectivity index (χ4n) is 4.94. The molecule has 2 aromatic carbocycles. The van der Waals surface area contributed by atoms with E-state index in [1.165, 1.54) is 13.8 Å². The number of hydrogen-bond acceptors (Lipinski definition) is 5. The maximum atomic E-state index is 13.4. The van der Waals surface area contributed by atoms with E-state index in [9.17, 15) is 18.0 Å². The fraction of sp³-hybridized carbons (Fsp3) is 0.419. The van der Waals surface area contributed by atoms with Crippen LogP contribution in [-0.4, -0.2) is 59.2 Å². The van der Waals surface area contributed by atoms with Gasteiger partial charge in [0.25, 0.3) is 0 Å². The van der Waals surface area contributed by atoms with Crippen LogP contribution in [0.25, 0.3) is 11.1 Å². The van der Waals surface area contributed by atoms with E-state index in [0.717, 1.165) is 55.0 Å². The lowest BCUT2D eigenvalue weighted by Gasteiger charge is -2.41. The summed E-state index contributed by atoms with van der Waals surface area (Å²) in [5, 5.41) is 0. The summed E-state index contributed by atoms with van der Waals surface area (Å²) in [6.45, 7) is 8.57. The molecule has 0 N–H and O–H groups in total. The van der Waals surface area contributed by atoms with Crippen molar-refractivity contribution in [2.45, 2.75) is 57.9 Å². The van der Waals surface area contributed by atoms with Crippen LogP contribution in [0.15, 0.2) is 73.1 Å². The number of piperazine rings is 1. The monoisotopic (exact) mass is 539 g/mol. The molecule has 5 nitrogen and oxygen atoms in total. The van der Waals surface area contributed by atoms with Gasteiger partial charge in [0.15, 0.2) is 0 Å². The van der Waals surface area contributed by atoms with Gasteiger partial charge in [-0.15, -0.1) is 0 Å². The Morgan fingerprint density at radius 2 is 1.49 bits per heavy atom. The lowest BCUT2D eigenvalue weighted by Crippen LogP contribution is -2.53. The van der Waals surface area contributed by atoms with E-state index in [-0.39, 0.29) is 17.6 Å². The molecule has 4 rings (SSSR count). The van der Waals surface area contributed by atoms with Crippen LogP contribution in [-0.2, 0) is 28.0 Å². The van der Waals surface area contributed by atoms with Gasteiger partial charge in [-0.25, -0.2) is 0 Å². The van der Waals surface area contributed by atoms with Crippen molar-refractivity contribution in [1.29, 1.82) is 0 Å². The molecule has 1 saturated heterocycles. The molecule has 1 aliphatic rings. The van der Waals surface area contributed by atoms with Crippen molar-refractivity contribution in [2.24, 2.45) is 0 Å². The third-order valence-electron chi connectivity index (χ3n) is 7.54. The summed E-state index contributed by atoms with van der Waals surface area (Å²) in [5.74, 6) is -0.182. The van der Waals surface area contributed by atoms with Crippen LogP contribution in [0.1, 0.15) is 43.9 Å². The van der Waals surface area contributed by atoms with Crippen LogP contribution in [0, 0.1) is 0 Å². The van der Waals surface area contributed by atoms with Crippen molar-refractivity contribution in [3.05, 3.63) is 89.7 Å². The molecule has 2 heterocycles. The second-order valence-electron chi connectivity index (χ2n) is 10.6. The van der Waals surface area contributed by atoms with Gasteiger partial charge in [0, 0.05) is 51.2 Å². The largest absolute Gasteiger partial charge is 0.466 e. The van der Waals surface area contributed by atoms with Crippen molar-refractivity contribution in [3.63, 3.8) is 0 Å². The van der Waals surface area contributed by atoms with Crippen LogP contribution in [0.3, 0.4) is 0 Å². The normalized spacial score (nSPS) is 17.2. The number of hydrogen-bond donors (Lipinski definition) is 0. The van der Waals surface area contributed by atoms with Gasteiger partial charge in [0.2, 0.25) is 0 Å². The minimum atomic E-state index is -4.31. The quantitative estimate of drug-likeness (QED) is 0.302. The molecule has 3 aromatic rings. The van der Waals surface area contributed by atoms with Crippen LogP contribution in [0.4, 0.5) is 13.2 Å². The van der Waals surface area contributed by atoms with E-state index >= 15 is 0 Å². The Hall–Kier alpha value is -3.23. The minimum Gasteiger partial charge on any atom is -0.466 e. The average Bonchev–Trinajstić information content (AvgIpc) is 2.91. The molecule has 0 amide bonds. The number of benzene rings is 2. The number of aromatic nitrogens is 1. The van der Waals surface area contributed by atoms with Gasteiger partial charge in [-0.3, -0.25) is 19.6 Å². The first-order valence-corrected chi connectivity index (χ1v) is 13.3. The smallest absolute Gasteiger partial charge is 0.397 e. The van der Waals surface area contributed by atoms with Crippen LogP contribution in [0.5, 0.6) is 0 Å². The number of carbonyl (C=O) groups is 1. The summed E-state index contributed by atoms with van der Waals surface area (Å²) >= 11 is 0. The molecule has 0 radical (unpaired) electrons. The molecule has 1 fully saturated rings. The number of pyridine rings is 1. The third kappa shape index (κ3) is 7.25. The number of alkyl halides is 3. The first kappa shape index (κ1) is 28.8. The van der Waals surface area contributed by atoms with E-state index in [1.807, 2.05) is 31.2 Å². The lowest BCUT2D eigenvalue weighted by molar-refractivity contribution is -0.180. The van der Waals surface area contributed by atoms with Crippen molar-refractivity contribution in [2.75, 3.05) is 26.2 Å². The van der Waals surface area contributed by atoms with Gasteiger partial charge in [0.1, 0.15) is 0 Å². The molecular formula is C31H36F3N3O2. The molecule has 208 valence electrons. The summed E-state index contributed by atoms with van der Waals surface area (Å²) < 4.78 is 45.4. The summed E-state index contributed by atoms with van der Waals surface area (Å²) in [5.41, 5.74) is 2.49. The predicted molar refractivity (Wildman–Crippen MR) is 146 cm³/mol. The Kier molecular flexibility index (Phi) is 9.08. The Balaban J connectivity index is 1.40. The SMILES string of the molecule is CCOC(=O)C[C@H]1CN(Cc2ccc(-c3ccc(C(C)(C)C(F)(F)F)cc3)cc2)CCN1Cc1ccncc1. The molecule has 1 aliphatic heterocycles. The van der Waals surface area contributed by atoms with Crippen molar-refractivity contribution < 1.29 is 22.7 Å². The van der Waals surface area contributed by atoms with Crippen LogP contribution >= 0.6 is 0 Å². The summed E-state index contributed by atoms with van der Waals surface area (Å²) in [7, 11) is 0. The van der Waals surface area contributed by atoms with Crippen molar-refractivity contribution in [3.8, 4) is 11.1 Å². The molecule has 39 heavy (non-hydrogen) atoms. The van der Waals surface area contributed by atoms with E-state index in [4.69, 9.17) is 4.74 Å². The highest BCUT2D eigenvalue weighted by Crippen LogP contribution is 2.40. The zero-order chi connectivity index (χ0) is 28.0. The maximum absolute atomic E-state index is 13.4. The average molecular weight is 540 g/mol. The van der Waals surface area contributed by atoms with Gasteiger partial charge < -0.3 is 4.74 Å². The molecule has 1 aromatic heterocycles. The fourth-order valence-corrected chi connectivity index (χ4v) is 4.94. The van der Waals surface area contributed by atoms with Crippen molar-refractivity contribution >= 4 is 5.97 Å². The first-order valence-electron chi connectivity index (χ1n) is 13.3. The predicted octanol–water partition coefficient (Wildman–Crippen LogP) is 6.23. The zero-order valence-electron chi connectivity index (χ0n) is 22.7. The van der Waals surface area contributed by atoms with E-state index in [2.05, 4.69) is 26.9 Å². The second-order valence-corrected chi connectivity index (χ2v) is 10.6. The van der Waals surface area contributed by atoms with E-state index in [0.29, 0.717) is 13.0 Å². The number of halogens is 3. The highest BCUT2D eigenvalue weighted by Gasteiger charge is 2.48. The third-order valence-corrected chi connectivity index (χ3v) is 7.54. The van der Waals surface area contributed by atoms with Gasteiger partial charge in [-0.2, -0.15) is 13.2 Å². The zero-order valence-corrected chi connectivity index (χ0v) is 22.7. The molecule has 0 bridgehead atoms. The first-order chi connectivity index (χ1) is 18.6. The number of rotatable bonds is 9. The highest BCUT2D eigenvalue weighted by atomic mass is 19.4. The van der Waals surface area contributed by atoms with E-state index < -0.39 is 11.6 Å². The second kappa shape index (κ2) is 12.3. The summed E-state index contributed by atoms with van der Waals surface area (Å²) in [6, 6.07) is 18.8. The van der Waals surface area contributed by atoms with Crippen LogP contribution < -0.4 is 0 Å². The number of nitrogens with zero attached hydrogens (tertiary/aromatic N) is 3. The summed E-state index contributed by atoms with van der Waals surface area (Å²) in [4.78, 5) is 21.1. The van der Waals surface area contributed by atoms with Crippen molar-refractivity contribution in [1.82, 2.24) is 14.8 Å². The lowest BCUT2D eigenvalue weighted by atomic mass is 9.83. The number of carbonyl (C=O) groups excluding carboxylic acids is 1. The molecular weight excluding hydrogens is 503 g/mol. The van der Waals surface area contributed by atoms with Gasteiger partial charge in [-0.1, -0.05) is 48.5 Å². The molecule has 0 unspecified atom stereocenters. The molecule has 8 heteroatoms. The molecule has 0 saturated carbocycles. The van der Waals surface area contributed by atoms with Gasteiger partial charge >= 0.3 is 12.1 Å². The standard InChI is InChI=1S/C31H36F3N3O2/c1-4-39-29(38)19-28-22-36(17-18-37(28)21-24-13-15-35-16-14-24)20-23-5-7-25(8-6-23)26-9-11-27(12-10-26)30(2,3)31(32,33)34/h5-16,28H,4,17-22H2,1-3H3/t28-/m0/s1. The number of esters is 1. The highest BCUT2D eigenvalue weighted by molar-refractivity contribution is 5.70. The van der Waals surface area contributed by atoms with Gasteiger partial charge in [-0.05, 0) is 60.7 Å². The van der Waals surface area contributed by atoms with Crippen LogP contribution in [0.2, 0.25) is 0 Å². The molecule has 0 aliphatic carbocycles. The molecule has 1 atom stereocenters. The minimum absolute atomic E-state index is 0.0460. The van der Waals surface area contributed by atoms with Gasteiger partial charge in [0.05, 0.1) is 18.4 Å². The Labute approximate surface area is 228 Å². The summed E-state index contributed by atoms with van der Waals surface area (Å²) in [6.07, 6.45) is -0.397.